The molecule has 0 aliphatic carbocycles. The summed E-state index contributed by atoms with van der Waals surface area (Å²) in [6.07, 6.45) is 6.17. The number of piperidine rings is 1. The molecule has 8 rings (SSSR count). The van der Waals surface area contributed by atoms with Gasteiger partial charge in [-0.2, -0.15) is 5.10 Å². The number of aryl methyl sites for hydroxylation is 1. The highest BCUT2D eigenvalue weighted by Gasteiger charge is 2.36. The fourth-order valence-electron chi connectivity index (χ4n) is 4.86. The average Bonchev–Trinajstić information content (AvgIpc) is 3.33. The van der Waals surface area contributed by atoms with E-state index in [1.54, 1.807) is 10.8 Å². The number of pyridine rings is 2. The molecule has 10 nitrogen and oxygen atoms in total. The van der Waals surface area contributed by atoms with Crippen molar-refractivity contribution in [2.45, 2.75) is 25.4 Å². The number of rotatable bonds is 5. The highest BCUT2D eigenvalue weighted by atomic mass is 16.5. The highest BCUT2D eigenvalue weighted by molar-refractivity contribution is 5.88. The normalized spacial score (nSPS) is 19.1. The Morgan fingerprint density at radius 3 is 2.74 bits per heavy atom. The molecule has 5 aromatic rings. The van der Waals surface area contributed by atoms with Crippen molar-refractivity contribution >= 4 is 34.0 Å². The van der Waals surface area contributed by atoms with Crippen LogP contribution < -0.4 is 20.3 Å². The van der Waals surface area contributed by atoms with Crippen LogP contribution >= 0.6 is 0 Å². The van der Waals surface area contributed by atoms with Gasteiger partial charge < -0.3 is 20.3 Å². The van der Waals surface area contributed by atoms with Gasteiger partial charge in [0.15, 0.2) is 11.5 Å². The maximum atomic E-state index is 6.10. The van der Waals surface area contributed by atoms with E-state index in [-0.39, 0.29) is 0 Å². The Morgan fingerprint density at radius 2 is 1.89 bits per heavy atom. The molecule has 2 N–H and O–H groups in total. The molecule has 0 radical (unpaired) electrons. The molecule has 0 saturated carbocycles. The van der Waals surface area contributed by atoms with Gasteiger partial charge in [0.05, 0.1) is 5.52 Å². The van der Waals surface area contributed by atoms with Crippen molar-refractivity contribution in [1.29, 1.82) is 0 Å². The van der Waals surface area contributed by atoms with E-state index in [4.69, 9.17) is 9.72 Å². The first kappa shape index (κ1) is 20.1. The summed E-state index contributed by atoms with van der Waals surface area (Å²) in [7, 11) is 0. The number of ether oxygens (including phenoxy) is 1. The van der Waals surface area contributed by atoms with Gasteiger partial charge in [-0.1, -0.05) is 0 Å². The third-order valence-electron chi connectivity index (χ3n) is 6.63. The number of hydrogen-bond acceptors (Lipinski definition) is 9. The van der Waals surface area contributed by atoms with Crippen LogP contribution in [0, 0.1) is 6.92 Å². The smallest absolute Gasteiger partial charge is 0.160 e. The van der Waals surface area contributed by atoms with E-state index in [9.17, 15) is 0 Å². The molecule has 174 valence electrons. The second kappa shape index (κ2) is 7.88. The van der Waals surface area contributed by atoms with E-state index >= 15 is 0 Å². The lowest BCUT2D eigenvalue weighted by molar-refractivity contribution is 0.225. The first-order valence-electron chi connectivity index (χ1n) is 11.7. The number of anilines is 3. The predicted molar refractivity (Wildman–Crippen MR) is 132 cm³/mol. The van der Waals surface area contributed by atoms with Gasteiger partial charge in [-0.15, -0.1) is 0 Å². The van der Waals surface area contributed by atoms with Gasteiger partial charge >= 0.3 is 0 Å². The lowest BCUT2D eigenvalue weighted by Crippen LogP contribution is -2.67. The molecule has 10 heteroatoms. The molecule has 4 aromatic heterocycles. The summed E-state index contributed by atoms with van der Waals surface area (Å²) in [5, 5.41) is 11.1. The summed E-state index contributed by atoms with van der Waals surface area (Å²) in [4.78, 5) is 20.4. The van der Waals surface area contributed by atoms with Crippen LogP contribution in [0.3, 0.4) is 0 Å². The van der Waals surface area contributed by atoms with Crippen molar-refractivity contribution in [2.75, 3.05) is 23.3 Å². The van der Waals surface area contributed by atoms with Crippen LogP contribution in [0.25, 0.3) is 16.7 Å². The minimum atomic E-state index is 0.567. The van der Waals surface area contributed by atoms with Crippen molar-refractivity contribution in [3.05, 3.63) is 66.9 Å². The number of hydrogen-bond donors (Lipinski definition) is 2. The van der Waals surface area contributed by atoms with Crippen LogP contribution in [0.2, 0.25) is 0 Å². The van der Waals surface area contributed by atoms with Gasteiger partial charge in [-0.25, -0.2) is 24.5 Å². The second-order valence-corrected chi connectivity index (χ2v) is 9.09. The molecule has 35 heavy (non-hydrogen) atoms. The minimum Gasteiger partial charge on any atom is -0.457 e. The number of fused-ring (bicyclic) bond motifs is 4. The molecule has 3 aliphatic rings. The molecule has 7 heterocycles. The van der Waals surface area contributed by atoms with Crippen LogP contribution in [0.4, 0.5) is 17.3 Å². The van der Waals surface area contributed by atoms with Gasteiger partial charge in [-0.05, 0) is 55.3 Å². The first-order valence-corrected chi connectivity index (χ1v) is 11.7. The Bertz CT molecular complexity index is 1550. The van der Waals surface area contributed by atoms with Gasteiger partial charge in [0.25, 0.3) is 0 Å². The van der Waals surface area contributed by atoms with Gasteiger partial charge in [0.2, 0.25) is 0 Å². The van der Waals surface area contributed by atoms with Crippen molar-refractivity contribution in [3.8, 4) is 11.5 Å². The molecule has 3 fully saturated rings. The molecular formula is C25H23N9O. The summed E-state index contributed by atoms with van der Waals surface area (Å²) in [6.45, 7) is 3.98. The Morgan fingerprint density at radius 1 is 1.00 bits per heavy atom. The van der Waals surface area contributed by atoms with Crippen molar-refractivity contribution in [2.24, 2.45) is 0 Å². The summed E-state index contributed by atoms with van der Waals surface area (Å²) >= 11 is 0. The molecule has 0 spiro atoms. The molecule has 2 atom stereocenters. The molecule has 2 bridgehead atoms. The molecule has 1 aromatic carbocycles. The summed E-state index contributed by atoms with van der Waals surface area (Å²) in [5.74, 6) is 3.13. The molecule has 3 saturated heterocycles. The van der Waals surface area contributed by atoms with Crippen LogP contribution in [0.15, 0.2) is 61.3 Å². The highest BCUT2D eigenvalue weighted by Crippen LogP contribution is 2.31. The Kier molecular flexibility index (Phi) is 4.52. The van der Waals surface area contributed by atoms with E-state index in [1.807, 2.05) is 49.5 Å². The SMILES string of the molecule is Cc1cc(Nc2ncnc3ccc(N4CC5CC(C4)N5)nc23)ccc1Oc1ccn2ncnc2c1. The largest absolute Gasteiger partial charge is 0.457 e. The summed E-state index contributed by atoms with van der Waals surface area (Å²) < 4.78 is 7.80. The molecular weight excluding hydrogens is 442 g/mol. The zero-order chi connectivity index (χ0) is 23.4. The van der Waals surface area contributed by atoms with Crippen LogP contribution in [-0.2, 0) is 0 Å². The Balaban J connectivity index is 1.14. The first-order chi connectivity index (χ1) is 17.2. The fourth-order valence-corrected chi connectivity index (χ4v) is 4.86. The van der Waals surface area contributed by atoms with Gasteiger partial charge in [0, 0.05) is 43.1 Å². The van der Waals surface area contributed by atoms with E-state index in [1.165, 1.54) is 12.7 Å². The van der Waals surface area contributed by atoms with E-state index in [0.717, 1.165) is 52.6 Å². The van der Waals surface area contributed by atoms with Crippen molar-refractivity contribution in [3.63, 3.8) is 0 Å². The molecule has 2 unspecified atom stereocenters. The number of nitrogens with zero attached hydrogens (tertiary/aromatic N) is 7. The average molecular weight is 466 g/mol. The van der Waals surface area contributed by atoms with Crippen LogP contribution in [-0.4, -0.2) is 54.7 Å². The maximum absolute atomic E-state index is 6.10. The van der Waals surface area contributed by atoms with Crippen LogP contribution in [0.5, 0.6) is 11.5 Å². The fraction of sp³-hybridized carbons (Fsp3) is 0.240. The second-order valence-electron chi connectivity index (χ2n) is 9.09. The van der Waals surface area contributed by atoms with E-state index < -0.39 is 0 Å². The topological polar surface area (TPSA) is 105 Å². The zero-order valence-corrected chi connectivity index (χ0v) is 19.1. The lowest BCUT2D eigenvalue weighted by atomic mass is 9.91. The Labute approximate surface area is 201 Å². The molecule has 3 aliphatic heterocycles. The third kappa shape index (κ3) is 3.68. The number of nitrogens with one attached hydrogen (secondary N) is 2. The standard InChI is InChI=1S/C25H23N9O/c1-15-8-16(2-4-21(15)35-19-6-7-34-23(10-19)27-14-29-34)31-25-24-20(26-13-28-25)3-5-22(32-24)33-11-17-9-18(12-33)30-17/h2-8,10,13-14,17-18,30H,9,11-12H2,1H3,(H,26,28,31). The van der Waals surface area contributed by atoms with Crippen LogP contribution in [0.1, 0.15) is 12.0 Å². The lowest BCUT2D eigenvalue weighted by Gasteiger charge is -2.48. The zero-order valence-electron chi connectivity index (χ0n) is 19.1. The third-order valence-corrected chi connectivity index (χ3v) is 6.63. The van der Waals surface area contributed by atoms with E-state index in [2.05, 4.69) is 41.7 Å². The maximum Gasteiger partial charge on any atom is 0.160 e. The molecule has 0 amide bonds. The van der Waals surface area contributed by atoms with Crippen molar-refractivity contribution in [1.82, 2.24) is 34.9 Å². The van der Waals surface area contributed by atoms with Gasteiger partial charge in [-0.3, -0.25) is 0 Å². The number of aromatic nitrogens is 6. The predicted octanol–water partition coefficient (Wildman–Crippen LogP) is 3.46. The summed E-state index contributed by atoms with van der Waals surface area (Å²) in [5.41, 5.74) is 4.20. The summed E-state index contributed by atoms with van der Waals surface area (Å²) in [6, 6.07) is 14.9. The quantitative estimate of drug-likeness (QED) is 0.404. The Hall–Kier alpha value is -4.31. The number of benzene rings is 1. The van der Waals surface area contributed by atoms with Crippen molar-refractivity contribution < 1.29 is 4.74 Å². The van der Waals surface area contributed by atoms with Gasteiger partial charge in [0.1, 0.15) is 35.5 Å². The van der Waals surface area contributed by atoms with E-state index in [0.29, 0.717) is 23.7 Å². The monoisotopic (exact) mass is 465 g/mol. The minimum absolute atomic E-state index is 0.567. The number of piperazine rings is 1.